The van der Waals surface area contributed by atoms with Crippen molar-refractivity contribution in [3.8, 4) is 0 Å². The van der Waals surface area contributed by atoms with E-state index in [1.807, 2.05) is 6.92 Å². The maximum atomic E-state index is 13.0. The first-order chi connectivity index (χ1) is 12.8. The van der Waals surface area contributed by atoms with Gasteiger partial charge < -0.3 is 10.6 Å². The van der Waals surface area contributed by atoms with Gasteiger partial charge in [-0.3, -0.25) is 9.59 Å². The number of rotatable bonds is 5. The maximum absolute atomic E-state index is 13.0. The van der Waals surface area contributed by atoms with E-state index in [4.69, 9.17) is 11.6 Å². The first kappa shape index (κ1) is 18.0. The van der Waals surface area contributed by atoms with Gasteiger partial charge >= 0.3 is 0 Å². The molecule has 27 heavy (non-hydrogen) atoms. The van der Waals surface area contributed by atoms with E-state index in [0.717, 1.165) is 19.3 Å². The van der Waals surface area contributed by atoms with Crippen molar-refractivity contribution < 1.29 is 14.0 Å². The van der Waals surface area contributed by atoms with Crippen LogP contribution in [0.2, 0.25) is 5.02 Å². The molecule has 2 amide bonds. The summed E-state index contributed by atoms with van der Waals surface area (Å²) in [7, 11) is 0. The van der Waals surface area contributed by atoms with Gasteiger partial charge in [0.25, 0.3) is 5.91 Å². The van der Waals surface area contributed by atoms with Gasteiger partial charge in [0.2, 0.25) is 5.91 Å². The second-order valence-electron chi connectivity index (χ2n) is 7.86. The second-order valence-corrected chi connectivity index (χ2v) is 8.29. The van der Waals surface area contributed by atoms with Crippen LogP contribution in [-0.4, -0.2) is 17.4 Å². The van der Waals surface area contributed by atoms with Crippen LogP contribution in [0.15, 0.2) is 48.5 Å². The van der Waals surface area contributed by atoms with Crippen LogP contribution in [0.1, 0.15) is 36.5 Å². The summed E-state index contributed by atoms with van der Waals surface area (Å²) in [5.74, 6) is -0.712. The number of hydrogen-bond acceptors (Lipinski definition) is 2. The first-order valence-corrected chi connectivity index (χ1v) is 9.33. The van der Waals surface area contributed by atoms with Crippen molar-refractivity contribution in [2.75, 3.05) is 5.32 Å². The fraction of sp³-hybridized carbons (Fsp3) is 0.333. The molecule has 2 bridgehead atoms. The Balaban J connectivity index is 1.33. The number of anilines is 1. The third-order valence-corrected chi connectivity index (χ3v) is 6.20. The van der Waals surface area contributed by atoms with E-state index in [1.165, 1.54) is 12.1 Å². The van der Waals surface area contributed by atoms with Crippen molar-refractivity contribution in [1.29, 1.82) is 0 Å². The first-order valence-electron chi connectivity index (χ1n) is 8.95. The van der Waals surface area contributed by atoms with Crippen molar-refractivity contribution in [3.63, 3.8) is 0 Å². The van der Waals surface area contributed by atoms with Gasteiger partial charge in [-0.15, -0.1) is 0 Å². The molecule has 3 fully saturated rings. The third-order valence-electron chi connectivity index (χ3n) is 5.96. The minimum absolute atomic E-state index is 0.0638. The third kappa shape index (κ3) is 3.21. The zero-order chi connectivity index (χ0) is 19.2. The van der Waals surface area contributed by atoms with Crippen LogP contribution in [-0.2, 0) is 4.79 Å². The lowest BCUT2D eigenvalue weighted by Crippen LogP contribution is -2.77. The smallest absolute Gasteiger partial charge is 0.251 e. The van der Waals surface area contributed by atoms with E-state index in [9.17, 15) is 14.0 Å². The molecule has 4 nitrogen and oxygen atoms in total. The van der Waals surface area contributed by atoms with Gasteiger partial charge in [-0.1, -0.05) is 24.6 Å². The lowest BCUT2D eigenvalue weighted by Gasteiger charge is -2.72. The van der Waals surface area contributed by atoms with Gasteiger partial charge in [0, 0.05) is 27.7 Å². The molecule has 5 rings (SSSR count). The van der Waals surface area contributed by atoms with Crippen molar-refractivity contribution in [2.45, 2.75) is 31.7 Å². The topological polar surface area (TPSA) is 58.2 Å². The van der Waals surface area contributed by atoms with Crippen LogP contribution in [0.25, 0.3) is 0 Å². The Morgan fingerprint density at radius 2 is 1.78 bits per heavy atom. The number of amides is 2. The molecular weight excluding hydrogens is 367 g/mol. The van der Waals surface area contributed by atoms with Gasteiger partial charge in [-0.25, -0.2) is 4.39 Å². The average Bonchev–Trinajstić information content (AvgIpc) is 2.58. The quantitative estimate of drug-likeness (QED) is 0.799. The monoisotopic (exact) mass is 386 g/mol. The summed E-state index contributed by atoms with van der Waals surface area (Å²) >= 11 is 5.95. The molecule has 0 heterocycles. The van der Waals surface area contributed by atoms with Crippen molar-refractivity contribution in [2.24, 2.45) is 11.3 Å². The fourth-order valence-electron chi connectivity index (χ4n) is 4.46. The van der Waals surface area contributed by atoms with E-state index in [0.29, 0.717) is 16.3 Å². The SMILES string of the molecule is C[C@@H](C(=O)Nc1ccc(F)cc1)C12CC(NC(=O)c3cccc(Cl)c3)(C1)C2. The minimum Gasteiger partial charge on any atom is -0.347 e. The summed E-state index contributed by atoms with van der Waals surface area (Å²) in [6.45, 7) is 1.92. The average molecular weight is 387 g/mol. The highest BCUT2D eigenvalue weighted by molar-refractivity contribution is 6.31. The van der Waals surface area contributed by atoms with E-state index in [1.54, 1.807) is 36.4 Å². The Kier molecular flexibility index (Phi) is 4.22. The number of benzene rings is 2. The molecule has 0 aromatic heterocycles. The van der Waals surface area contributed by atoms with Crippen LogP contribution in [0.3, 0.4) is 0 Å². The minimum atomic E-state index is -0.335. The van der Waals surface area contributed by atoms with Crippen molar-refractivity contribution in [3.05, 3.63) is 64.9 Å². The highest BCUT2D eigenvalue weighted by atomic mass is 35.5. The number of carbonyl (C=O) groups excluding carboxylic acids is 2. The summed E-state index contributed by atoms with van der Waals surface area (Å²) in [6, 6.07) is 12.6. The Bertz CT molecular complexity index is 893. The summed E-state index contributed by atoms with van der Waals surface area (Å²) < 4.78 is 13.0. The summed E-state index contributed by atoms with van der Waals surface area (Å²) in [4.78, 5) is 25.0. The molecule has 1 atom stereocenters. The molecule has 0 saturated heterocycles. The van der Waals surface area contributed by atoms with E-state index in [-0.39, 0.29) is 34.5 Å². The molecule has 3 saturated carbocycles. The lowest BCUT2D eigenvalue weighted by atomic mass is 9.36. The predicted molar refractivity (Wildman–Crippen MR) is 102 cm³/mol. The van der Waals surface area contributed by atoms with Crippen LogP contribution in [0, 0.1) is 17.2 Å². The Morgan fingerprint density at radius 3 is 2.41 bits per heavy atom. The fourth-order valence-corrected chi connectivity index (χ4v) is 4.65. The highest BCUT2D eigenvalue weighted by Gasteiger charge is 2.71. The molecule has 0 aliphatic heterocycles. The Labute approximate surface area is 162 Å². The molecule has 3 aliphatic rings. The van der Waals surface area contributed by atoms with Crippen molar-refractivity contribution in [1.82, 2.24) is 5.32 Å². The van der Waals surface area contributed by atoms with Gasteiger partial charge in [0.1, 0.15) is 5.82 Å². The lowest BCUT2D eigenvalue weighted by molar-refractivity contribution is -0.184. The van der Waals surface area contributed by atoms with Crippen molar-refractivity contribution >= 4 is 29.1 Å². The normalized spacial score (nSPS) is 26.3. The highest BCUT2D eigenvalue weighted by Crippen LogP contribution is 2.70. The predicted octanol–water partition coefficient (Wildman–Crippen LogP) is 4.41. The number of nitrogens with one attached hydrogen (secondary N) is 2. The molecule has 2 aromatic rings. The molecule has 2 aromatic carbocycles. The molecule has 0 unspecified atom stereocenters. The molecular formula is C21H20ClFN2O2. The van der Waals surface area contributed by atoms with Crippen LogP contribution < -0.4 is 10.6 Å². The Hall–Kier alpha value is -2.40. The summed E-state index contributed by atoms with van der Waals surface area (Å²) in [6.07, 6.45) is 2.39. The van der Waals surface area contributed by atoms with E-state index in [2.05, 4.69) is 10.6 Å². The number of hydrogen-bond donors (Lipinski definition) is 2. The second kappa shape index (κ2) is 6.34. The van der Waals surface area contributed by atoms with E-state index < -0.39 is 0 Å². The van der Waals surface area contributed by atoms with Gasteiger partial charge in [0.15, 0.2) is 0 Å². The largest absolute Gasteiger partial charge is 0.347 e. The number of halogens is 2. The van der Waals surface area contributed by atoms with Gasteiger partial charge in [-0.05, 0) is 67.1 Å². The maximum Gasteiger partial charge on any atom is 0.251 e. The Morgan fingerprint density at radius 1 is 1.11 bits per heavy atom. The zero-order valence-electron chi connectivity index (χ0n) is 14.9. The summed E-state index contributed by atoms with van der Waals surface area (Å²) in [5, 5.41) is 6.48. The van der Waals surface area contributed by atoms with Gasteiger partial charge in [-0.2, -0.15) is 0 Å². The zero-order valence-corrected chi connectivity index (χ0v) is 15.6. The molecule has 3 aliphatic carbocycles. The molecule has 0 radical (unpaired) electrons. The van der Waals surface area contributed by atoms with Gasteiger partial charge in [0.05, 0.1) is 0 Å². The standard InChI is InChI=1S/C21H20ClFN2O2/c1-13(18(26)24-17-7-5-16(23)6-8-17)20-10-21(11-20,12-20)25-19(27)14-3-2-4-15(22)9-14/h2-9,13H,10-12H2,1H3,(H,24,26)(H,25,27)/t13-,20?,21?/m0/s1. The molecule has 6 heteroatoms. The number of carbonyl (C=O) groups is 2. The van der Waals surface area contributed by atoms with Crippen LogP contribution in [0.4, 0.5) is 10.1 Å². The molecule has 2 N–H and O–H groups in total. The van der Waals surface area contributed by atoms with E-state index >= 15 is 0 Å². The van der Waals surface area contributed by atoms with Crippen LogP contribution >= 0.6 is 11.6 Å². The molecule has 0 spiro atoms. The molecule has 140 valence electrons. The van der Waals surface area contributed by atoms with Crippen LogP contribution in [0.5, 0.6) is 0 Å². The summed E-state index contributed by atoms with van der Waals surface area (Å²) in [5.41, 5.74) is 0.863.